The average molecular weight is 360 g/mol. The van der Waals surface area contributed by atoms with Gasteiger partial charge in [-0.3, -0.25) is 4.72 Å². The smallest absolute Gasteiger partial charge is 0.229 e. The lowest BCUT2D eigenvalue weighted by molar-refractivity contribution is 0.489. The number of para-hydroxylation sites is 1. The van der Waals surface area contributed by atoms with E-state index in [9.17, 15) is 8.42 Å². The minimum Gasteiger partial charge on any atom is -0.383 e. The number of nitrogens with zero attached hydrogens (tertiary/aromatic N) is 1. The highest BCUT2D eigenvalue weighted by Crippen LogP contribution is 2.19. The van der Waals surface area contributed by atoms with E-state index in [-0.39, 0.29) is 0 Å². The minimum atomic E-state index is -3.24. The van der Waals surface area contributed by atoms with E-state index in [2.05, 4.69) is 44.5 Å². The van der Waals surface area contributed by atoms with Crippen molar-refractivity contribution in [3.63, 3.8) is 0 Å². The van der Waals surface area contributed by atoms with E-state index in [0.29, 0.717) is 11.7 Å². The third-order valence-corrected chi connectivity index (χ3v) is 4.77. The first-order valence-corrected chi connectivity index (χ1v) is 10.2. The van der Waals surface area contributed by atoms with E-state index >= 15 is 0 Å². The van der Waals surface area contributed by atoms with Crippen molar-refractivity contribution in [1.29, 1.82) is 0 Å². The molecule has 2 aromatic rings. The Morgan fingerprint density at radius 1 is 1.08 bits per heavy atom. The number of benzene rings is 2. The van der Waals surface area contributed by atoms with Crippen LogP contribution < -0.4 is 20.3 Å². The van der Waals surface area contributed by atoms with Crippen LogP contribution in [0.3, 0.4) is 0 Å². The Labute approximate surface area is 149 Å². The Kier molecular flexibility index (Phi) is 5.45. The van der Waals surface area contributed by atoms with Crippen LogP contribution >= 0.6 is 0 Å². The summed E-state index contributed by atoms with van der Waals surface area (Å²) in [6, 6.07) is 18.1. The van der Waals surface area contributed by atoms with Gasteiger partial charge in [0.05, 0.1) is 12.3 Å². The molecule has 25 heavy (non-hydrogen) atoms. The number of hydrogen-bond donors (Lipinski definition) is 3. The number of rotatable bonds is 6. The van der Waals surface area contributed by atoms with Gasteiger partial charge in [-0.15, -0.1) is 0 Å². The number of hydrogen-bond acceptors (Lipinski definition) is 5. The molecule has 1 unspecified atom stereocenters. The van der Waals surface area contributed by atoms with Gasteiger partial charge in [0, 0.05) is 43.2 Å². The van der Waals surface area contributed by atoms with E-state index < -0.39 is 10.0 Å². The zero-order chi connectivity index (χ0) is 17.7. The molecular formula is C18H24N4O2S. The molecule has 0 amide bonds. The van der Waals surface area contributed by atoms with Gasteiger partial charge in [-0.2, -0.15) is 0 Å². The van der Waals surface area contributed by atoms with E-state index in [1.165, 1.54) is 5.69 Å². The summed E-state index contributed by atoms with van der Waals surface area (Å²) in [5, 5.41) is 6.89. The summed E-state index contributed by atoms with van der Waals surface area (Å²) in [4.78, 5) is 2.42. The van der Waals surface area contributed by atoms with Crippen LogP contribution in [0.1, 0.15) is 0 Å². The van der Waals surface area contributed by atoms with Crippen molar-refractivity contribution in [2.24, 2.45) is 0 Å². The second-order valence-corrected chi connectivity index (χ2v) is 7.97. The maximum Gasteiger partial charge on any atom is 0.229 e. The average Bonchev–Trinajstić information content (AvgIpc) is 2.61. The molecule has 1 fully saturated rings. The Hall–Kier alpha value is -2.25. The first-order chi connectivity index (χ1) is 12.0. The van der Waals surface area contributed by atoms with Crippen LogP contribution in [-0.4, -0.2) is 46.9 Å². The van der Waals surface area contributed by atoms with E-state index in [1.807, 2.05) is 18.2 Å². The summed E-state index contributed by atoms with van der Waals surface area (Å²) in [7, 11) is -3.24. The van der Waals surface area contributed by atoms with Crippen LogP contribution in [0.25, 0.3) is 0 Å². The minimum absolute atomic E-state index is 0.352. The predicted molar refractivity (Wildman–Crippen MR) is 104 cm³/mol. The van der Waals surface area contributed by atoms with Gasteiger partial charge in [-0.05, 0) is 36.4 Å². The normalized spacial score (nSPS) is 18.0. The zero-order valence-corrected chi connectivity index (χ0v) is 15.1. The number of sulfonamides is 1. The molecule has 7 heteroatoms. The lowest BCUT2D eigenvalue weighted by atomic mass is 10.1. The van der Waals surface area contributed by atoms with Crippen LogP contribution in [0, 0.1) is 0 Å². The van der Waals surface area contributed by atoms with Crippen molar-refractivity contribution in [3.8, 4) is 0 Å². The molecule has 6 nitrogen and oxygen atoms in total. The van der Waals surface area contributed by atoms with E-state index in [4.69, 9.17) is 0 Å². The largest absolute Gasteiger partial charge is 0.383 e. The summed E-state index contributed by atoms with van der Waals surface area (Å²) in [6.45, 7) is 3.70. The van der Waals surface area contributed by atoms with Gasteiger partial charge in [0.15, 0.2) is 0 Å². The number of piperazine rings is 1. The first kappa shape index (κ1) is 17.6. The highest BCUT2D eigenvalue weighted by atomic mass is 32.2. The fourth-order valence-electron chi connectivity index (χ4n) is 3.01. The predicted octanol–water partition coefficient (Wildman–Crippen LogP) is 1.95. The molecular weight excluding hydrogens is 336 g/mol. The Bertz CT molecular complexity index is 778. The molecule has 0 radical (unpaired) electrons. The van der Waals surface area contributed by atoms with Crippen LogP contribution in [0.15, 0.2) is 54.6 Å². The molecule has 0 bridgehead atoms. The summed E-state index contributed by atoms with van der Waals surface area (Å²) in [5.41, 5.74) is 2.78. The van der Waals surface area contributed by atoms with Crippen molar-refractivity contribution in [1.82, 2.24) is 5.32 Å². The topological polar surface area (TPSA) is 73.5 Å². The Morgan fingerprint density at radius 3 is 2.44 bits per heavy atom. The summed E-state index contributed by atoms with van der Waals surface area (Å²) in [6.07, 6.45) is 1.15. The fourth-order valence-corrected chi connectivity index (χ4v) is 3.57. The second kappa shape index (κ2) is 7.76. The molecule has 134 valence electrons. The quantitative estimate of drug-likeness (QED) is 0.734. The lowest BCUT2D eigenvalue weighted by Crippen LogP contribution is -2.54. The van der Waals surface area contributed by atoms with Gasteiger partial charge < -0.3 is 15.5 Å². The molecule has 1 saturated heterocycles. The molecule has 1 aliphatic rings. The molecule has 0 aromatic heterocycles. The van der Waals surface area contributed by atoms with Crippen molar-refractivity contribution in [2.45, 2.75) is 6.04 Å². The summed E-state index contributed by atoms with van der Waals surface area (Å²) < 4.78 is 25.0. The van der Waals surface area contributed by atoms with Crippen molar-refractivity contribution < 1.29 is 8.42 Å². The first-order valence-electron chi connectivity index (χ1n) is 8.35. The molecule has 0 aliphatic carbocycles. The maximum atomic E-state index is 11.2. The monoisotopic (exact) mass is 360 g/mol. The standard InChI is InChI=1S/C18H24N4O2S/c1-25(23,24)21-16-9-7-15(8-10-16)20-14-18-13-19-11-12-22(18)17-5-3-2-4-6-17/h2-10,18-21H,11-14H2,1H3. The van der Waals surface area contributed by atoms with Crippen molar-refractivity contribution in [2.75, 3.05) is 47.4 Å². The van der Waals surface area contributed by atoms with Gasteiger partial charge in [-0.25, -0.2) is 8.42 Å². The van der Waals surface area contributed by atoms with Gasteiger partial charge in [0.1, 0.15) is 0 Å². The van der Waals surface area contributed by atoms with E-state index in [1.54, 1.807) is 12.1 Å². The molecule has 3 rings (SSSR count). The van der Waals surface area contributed by atoms with Crippen molar-refractivity contribution in [3.05, 3.63) is 54.6 Å². The molecule has 1 aliphatic heterocycles. The summed E-state index contributed by atoms with van der Waals surface area (Å²) >= 11 is 0. The molecule has 0 spiro atoms. The summed E-state index contributed by atoms with van der Waals surface area (Å²) in [5.74, 6) is 0. The molecule has 3 N–H and O–H groups in total. The molecule has 1 atom stereocenters. The number of anilines is 3. The molecule has 0 saturated carbocycles. The highest BCUT2D eigenvalue weighted by molar-refractivity contribution is 7.92. The molecule has 1 heterocycles. The highest BCUT2D eigenvalue weighted by Gasteiger charge is 2.22. The lowest BCUT2D eigenvalue weighted by Gasteiger charge is -2.38. The van der Waals surface area contributed by atoms with Crippen molar-refractivity contribution >= 4 is 27.1 Å². The van der Waals surface area contributed by atoms with Gasteiger partial charge >= 0.3 is 0 Å². The van der Waals surface area contributed by atoms with Crippen LogP contribution in [0.2, 0.25) is 0 Å². The van der Waals surface area contributed by atoms with Crippen LogP contribution in [0.5, 0.6) is 0 Å². The molecule has 2 aromatic carbocycles. The Balaban J connectivity index is 1.61. The third kappa shape index (κ3) is 5.11. The maximum absolute atomic E-state index is 11.2. The number of nitrogens with one attached hydrogen (secondary N) is 3. The van der Waals surface area contributed by atoms with Gasteiger partial charge in [0.2, 0.25) is 10.0 Å². The van der Waals surface area contributed by atoms with Gasteiger partial charge in [-0.1, -0.05) is 18.2 Å². The second-order valence-electron chi connectivity index (χ2n) is 6.22. The third-order valence-electron chi connectivity index (χ3n) is 4.17. The van der Waals surface area contributed by atoms with Gasteiger partial charge in [0.25, 0.3) is 0 Å². The van der Waals surface area contributed by atoms with Crippen LogP contribution in [0.4, 0.5) is 17.1 Å². The zero-order valence-electron chi connectivity index (χ0n) is 14.3. The van der Waals surface area contributed by atoms with E-state index in [0.717, 1.165) is 38.1 Å². The Morgan fingerprint density at radius 2 is 1.76 bits per heavy atom. The SMILES string of the molecule is CS(=O)(=O)Nc1ccc(NCC2CNCCN2c2ccccc2)cc1. The fraction of sp³-hybridized carbons (Fsp3) is 0.333. The van der Waals surface area contributed by atoms with Crippen LogP contribution in [-0.2, 0) is 10.0 Å².